The van der Waals surface area contributed by atoms with E-state index in [4.69, 9.17) is 0 Å². The first kappa shape index (κ1) is 13.1. The van der Waals surface area contributed by atoms with Crippen molar-refractivity contribution in [3.05, 3.63) is 33.8 Å². The highest BCUT2D eigenvalue weighted by Crippen LogP contribution is 2.19. The lowest BCUT2D eigenvalue weighted by Crippen LogP contribution is -2.28. The molecule has 1 aliphatic carbocycles. The van der Waals surface area contributed by atoms with Gasteiger partial charge in [0.25, 0.3) is 0 Å². The SMILES string of the molecule is Cc1cc(Br)ccc1CNC1CCCCCC1. The minimum absolute atomic E-state index is 0.737. The maximum atomic E-state index is 3.72. The van der Waals surface area contributed by atoms with Crippen LogP contribution < -0.4 is 5.32 Å². The van der Waals surface area contributed by atoms with Crippen LogP contribution in [0, 0.1) is 6.92 Å². The second-order valence-corrected chi connectivity index (χ2v) is 6.06. The second-order valence-electron chi connectivity index (χ2n) is 5.14. The molecular weight excluding hydrogens is 274 g/mol. The number of hydrogen-bond acceptors (Lipinski definition) is 1. The monoisotopic (exact) mass is 295 g/mol. The van der Waals surface area contributed by atoms with Gasteiger partial charge in [0.1, 0.15) is 0 Å². The van der Waals surface area contributed by atoms with Gasteiger partial charge in [0, 0.05) is 17.1 Å². The molecule has 0 aliphatic heterocycles. The maximum absolute atomic E-state index is 3.72. The van der Waals surface area contributed by atoms with Crippen LogP contribution in [0.15, 0.2) is 22.7 Å². The summed E-state index contributed by atoms with van der Waals surface area (Å²) >= 11 is 3.51. The third-order valence-corrected chi connectivity index (χ3v) is 4.23. The van der Waals surface area contributed by atoms with Gasteiger partial charge >= 0.3 is 0 Å². The van der Waals surface area contributed by atoms with Gasteiger partial charge in [-0.3, -0.25) is 0 Å². The predicted octanol–water partition coefficient (Wildman–Crippen LogP) is 4.57. The molecule has 0 saturated heterocycles. The summed E-state index contributed by atoms with van der Waals surface area (Å²) < 4.78 is 1.17. The number of hydrogen-bond donors (Lipinski definition) is 1. The Labute approximate surface area is 113 Å². The van der Waals surface area contributed by atoms with E-state index in [1.165, 1.54) is 54.1 Å². The first-order valence-corrected chi connectivity index (χ1v) is 7.53. The fraction of sp³-hybridized carbons (Fsp3) is 0.600. The largest absolute Gasteiger partial charge is 0.310 e. The Morgan fingerprint density at radius 2 is 1.88 bits per heavy atom. The van der Waals surface area contributed by atoms with Crippen molar-refractivity contribution in [2.24, 2.45) is 0 Å². The van der Waals surface area contributed by atoms with Gasteiger partial charge in [0.05, 0.1) is 0 Å². The lowest BCUT2D eigenvalue weighted by atomic mass is 10.1. The Morgan fingerprint density at radius 3 is 2.53 bits per heavy atom. The van der Waals surface area contributed by atoms with Gasteiger partial charge in [0.15, 0.2) is 0 Å². The van der Waals surface area contributed by atoms with Gasteiger partial charge in [-0.2, -0.15) is 0 Å². The number of benzene rings is 1. The van der Waals surface area contributed by atoms with Crippen LogP contribution in [0.4, 0.5) is 0 Å². The number of aryl methyl sites for hydroxylation is 1. The molecule has 0 spiro atoms. The number of rotatable bonds is 3. The standard InChI is InChI=1S/C15H22BrN/c1-12-10-14(16)9-8-13(12)11-17-15-6-4-2-3-5-7-15/h8-10,15,17H,2-7,11H2,1H3. The highest BCUT2D eigenvalue weighted by atomic mass is 79.9. The Balaban J connectivity index is 1.88. The quantitative estimate of drug-likeness (QED) is 0.806. The fourth-order valence-corrected chi connectivity index (χ4v) is 3.07. The van der Waals surface area contributed by atoms with E-state index in [-0.39, 0.29) is 0 Å². The number of nitrogens with one attached hydrogen (secondary N) is 1. The zero-order valence-electron chi connectivity index (χ0n) is 10.6. The molecule has 1 N–H and O–H groups in total. The molecule has 1 nitrogen and oxygen atoms in total. The minimum atomic E-state index is 0.737. The van der Waals surface area contributed by atoms with Crippen LogP contribution in [0.2, 0.25) is 0 Å². The molecule has 17 heavy (non-hydrogen) atoms. The van der Waals surface area contributed by atoms with Crippen molar-refractivity contribution in [1.29, 1.82) is 0 Å². The van der Waals surface area contributed by atoms with Crippen molar-refractivity contribution in [2.75, 3.05) is 0 Å². The third-order valence-electron chi connectivity index (χ3n) is 3.74. The van der Waals surface area contributed by atoms with Gasteiger partial charge in [-0.05, 0) is 43.0 Å². The van der Waals surface area contributed by atoms with Crippen LogP contribution in [0.3, 0.4) is 0 Å². The van der Waals surface area contributed by atoms with E-state index in [0.29, 0.717) is 0 Å². The molecule has 1 aliphatic rings. The fourth-order valence-electron chi connectivity index (χ4n) is 2.60. The van der Waals surface area contributed by atoms with Crippen molar-refractivity contribution in [1.82, 2.24) is 5.32 Å². The lowest BCUT2D eigenvalue weighted by Gasteiger charge is -2.17. The molecular formula is C15H22BrN. The summed E-state index contributed by atoms with van der Waals surface area (Å²) in [7, 11) is 0. The van der Waals surface area contributed by atoms with Crippen molar-refractivity contribution >= 4 is 15.9 Å². The second kappa shape index (κ2) is 6.55. The van der Waals surface area contributed by atoms with E-state index in [1.54, 1.807) is 0 Å². The summed E-state index contributed by atoms with van der Waals surface area (Å²) in [6.45, 7) is 3.21. The molecule has 1 aromatic carbocycles. The Morgan fingerprint density at radius 1 is 1.18 bits per heavy atom. The Hall–Kier alpha value is -0.340. The average Bonchev–Trinajstić information content (AvgIpc) is 2.56. The summed E-state index contributed by atoms with van der Waals surface area (Å²) in [6, 6.07) is 7.30. The third kappa shape index (κ3) is 4.11. The van der Waals surface area contributed by atoms with Gasteiger partial charge in [-0.25, -0.2) is 0 Å². The molecule has 0 heterocycles. The highest BCUT2D eigenvalue weighted by molar-refractivity contribution is 9.10. The maximum Gasteiger partial charge on any atom is 0.0210 e. The molecule has 0 radical (unpaired) electrons. The van der Waals surface area contributed by atoms with Gasteiger partial charge in [0.2, 0.25) is 0 Å². The van der Waals surface area contributed by atoms with Crippen LogP contribution >= 0.6 is 15.9 Å². The van der Waals surface area contributed by atoms with Crippen LogP contribution in [-0.4, -0.2) is 6.04 Å². The van der Waals surface area contributed by atoms with Crippen molar-refractivity contribution in [3.8, 4) is 0 Å². The summed E-state index contributed by atoms with van der Waals surface area (Å²) in [4.78, 5) is 0. The van der Waals surface area contributed by atoms with E-state index >= 15 is 0 Å². The predicted molar refractivity (Wildman–Crippen MR) is 77.2 cm³/mol. The molecule has 1 aromatic rings. The molecule has 94 valence electrons. The molecule has 1 fully saturated rings. The first-order chi connectivity index (χ1) is 8.25. The molecule has 0 aromatic heterocycles. The molecule has 0 unspecified atom stereocenters. The summed E-state index contributed by atoms with van der Waals surface area (Å²) in [5, 5.41) is 3.72. The average molecular weight is 296 g/mol. The zero-order chi connectivity index (χ0) is 12.1. The molecule has 1 saturated carbocycles. The van der Waals surface area contributed by atoms with E-state index < -0.39 is 0 Å². The first-order valence-electron chi connectivity index (χ1n) is 6.74. The molecule has 0 amide bonds. The van der Waals surface area contributed by atoms with Gasteiger partial charge in [-0.15, -0.1) is 0 Å². The lowest BCUT2D eigenvalue weighted by molar-refractivity contribution is 0.458. The van der Waals surface area contributed by atoms with Crippen LogP contribution in [0.5, 0.6) is 0 Å². The van der Waals surface area contributed by atoms with E-state index in [2.05, 4.69) is 46.4 Å². The van der Waals surface area contributed by atoms with E-state index in [0.717, 1.165) is 12.6 Å². The molecule has 2 heteroatoms. The van der Waals surface area contributed by atoms with Crippen molar-refractivity contribution < 1.29 is 0 Å². The normalized spacial score (nSPS) is 18.0. The zero-order valence-corrected chi connectivity index (χ0v) is 12.2. The van der Waals surface area contributed by atoms with Gasteiger partial charge < -0.3 is 5.32 Å². The minimum Gasteiger partial charge on any atom is -0.310 e. The van der Waals surface area contributed by atoms with Crippen LogP contribution in [0.25, 0.3) is 0 Å². The molecule has 2 rings (SSSR count). The number of halogens is 1. The smallest absolute Gasteiger partial charge is 0.0210 e. The van der Waals surface area contributed by atoms with E-state index in [1.807, 2.05) is 0 Å². The topological polar surface area (TPSA) is 12.0 Å². The summed E-state index contributed by atoms with van der Waals surface area (Å²) in [6.07, 6.45) is 8.37. The van der Waals surface area contributed by atoms with Crippen LogP contribution in [-0.2, 0) is 6.54 Å². The summed E-state index contributed by atoms with van der Waals surface area (Å²) in [5.41, 5.74) is 2.80. The molecule has 0 bridgehead atoms. The van der Waals surface area contributed by atoms with Crippen molar-refractivity contribution in [2.45, 2.75) is 58.0 Å². The Kier molecular flexibility index (Phi) is 5.05. The Bertz CT molecular complexity index is 354. The summed E-state index contributed by atoms with van der Waals surface area (Å²) in [5.74, 6) is 0. The van der Waals surface area contributed by atoms with Crippen LogP contribution in [0.1, 0.15) is 49.7 Å². The molecule has 0 atom stereocenters. The van der Waals surface area contributed by atoms with Crippen molar-refractivity contribution in [3.63, 3.8) is 0 Å². The van der Waals surface area contributed by atoms with Gasteiger partial charge in [-0.1, -0.05) is 47.7 Å². The highest BCUT2D eigenvalue weighted by Gasteiger charge is 2.11. The van der Waals surface area contributed by atoms with E-state index in [9.17, 15) is 0 Å².